The van der Waals surface area contributed by atoms with E-state index >= 15 is 0 Å². The predicted octanol–water partition coefficient (Wildman–Crippen LogP) is 3.67. The van der Waals surface area contributed by atoms with E-state index in [1.54, 1.807) is 6.07 Å². The molecule has 22 heavy (non-hydrogen) atoms. The molecule has 1 heterocycles. The van der Waals surface area contributed by atoms with E-state index in [0.29, 0.717) is 5.56 Å². The monoisotopic (exact) mass is 298 g/mol. The van der Waals surface area contributed by atoms with Crippen molar-refractivity contribution in [2.24, 2.45) is 0 Å². The van der Waals surface area contributed by atoms with Crippen LogP contribution in [0.3, 0.4) is 0 Å². The fourth-order valence-electron chi connectivity index (χ4n) is 2.78. The summed E-state index contributed by atoms with van der Waals surface area (Å²) in [6, 6.07) is 13.5. The Morgan fingerprint density at radius 3 is 2.64 bits per heavy atom. The summed E-state index contributed by atoms with van der Waals surface area (Å²) < 4.78 is 13.2. The Balaban J connectivity index is 1.68. The van der Waals surface area contributed by atoms with E-state index in [1.165, 1.54) is 36.6 Å². The lowest BCUT2D eigenvalue weighted by atomic mass is 10.1. The molecule has 1 aliphatic rings. The van der Waals surface area contributed by atoms with Gasteiger partial charge < -0.3 is 5.32 Å². The first-order valence-electron chi connectivity index (χ1n) is 7.59. The molecule has 0 unspecified atom stereocenters. The van der Waals surface area contributed by atoms with Crippen molar-refractivity contribution in [2.45, 2.75) is 19.4 Å². The van der Waals surface area contributed by atoms with Gasteiger partial charge in [0.2, 0.25) is 0 Å². The van der Waals surface area contributed by atoms with Crippen LogP contribution < -0.4 is 5.32 Å². The van der Waals surface area contributed by atoms with Crippen LogP contribution in [0.2, 0.25) is 0 Å². The van der Waals surface area contributed by atoms with Crippen LogP contribution in [0, 0.1) is 5.82 Å². The molecule has 3 nitrogen and oxygen atoms in total. The molecule has 0 spiro atoms. The molecule has 0 atom stereocenters. The molecule has 1 amide bonds. The molecule has 114 valence electrons. The van der Waals surface area contributed by atoms with Gasteiger partial charge in [0, 0.05) is 17.8 Å². The number of hydrogen-bond donors (Lipinski definition) is 1. The minimum atomic E-state index is -0.407. The molecule has 1 fully saturated rings. The Morgan fingerprint density at radius 2 is 1.86 bits per heavy atom. The highest BCUT2D eigenvalue weighted by molar-refractivity contribution is 6.04. The van der Waals surface area contributed by atoms with Crippen LogP contribution >= 0.6 is 0 Å². The summed E-state index contributed by atoms with van der Waals surface area (Å²) in [5, 5.41) is 2.83. The second-order valence-electron chi connectivity index (χ2n) is 5.65. The van der Waals surface area contributed by atoms with Crippen LogP contribution in [0.1, 0.15) is 28.8 Å². The topological polar surface area (TPSA) is 32.3 Å². The Bertz CT molecular complexity index is 666. The number of carbonyl (C=O) groups is 1. The maximum atomic E-state index is 13.2. The van der Waals surface area contributed by atoms with Gasteiger partial charge in [-0.3, -0.25) is 9.69 Å². The van der Waals surface area contributed by atoms with Crippen molar-refractivity contribution in [3.63, 3.8) is 0 Å². The van der Waals surface area contributed by atoms with Crippen LogP contribution in [-0.2, 0) is 6.54 Å². The molecule has 3 rings (SSSR count). The summed E-state index contributed by atoms with van der Waals surface area (Å²) >= 11 is 0. The third kappa shape index (κ3) is 3.71. The zero-order valence-electron chi connectivity index (χ0n) is 12.4. The maximum absolute atomic E-state index is 13.2. The van der Waals surface area contributed by atoms with Gasteiger partial charge in [-0.2, -0.15) is 0 Å². The highest BCUT2D eigenvalue weighted by Gasteiger charge is 2.12. The van der Waals surface area contributed by atoms with Gasteiger partial charge in [-0.1, -0.05) is 18.2 Å². The molecular formula is C18H19FN2O. The van der Waals surface area contributed by atoms with Gasteiger partial charge in [-0.05, 0) is 61.8 Å². The number of anilines is 1. The van der Waals surface area contributed by atoms with Crippen molar-refractivity contribution in [3.8, 4) is 0 Å². The summed E-state index contributed by atoms with van der Waals surface area (Å²) in [5.41, 5.74) is 2.25. The molecule has 1 N–H and O–H groups in total. The maximum Gasteiger partial charge on any atom is 0.255 e. The van der Waals surface area contributed by atoms with Crippen LogP contribution in [0.4, 0.5) is 10.1 Å². The van der Waals surface area contributed by atoms with Crippen molar-refractivity contribution >= 4 is 11.6 Å². The first-order valence-corrected chi connectivity index (χ1v) is 7.59. The SMILES string of the molecule is O=C(Nc1cccc(CN2CCCC2)c1)c1cccc(F)c1. The van der Waals surface area contributed by atoms with Crippen molar-refractivity contribution in [2.75, 3.05) is 18.4 Å². The molecule has 4 heteroatoms. The van der Waals surface area contributed by atoms with Gasteiger partial charge >= 0.3 is 0 Å². The van der Waals surface area contributed by atoms with E-state index in [4.69, 9.17) is 0 Å². The van der Waals surface area contributed by atoms with E-state index < -0.39 is 5.82 Å². The highest BCUT2D eigenvalue weighted by atomic mass is 19.1. The molecule has 2 aromatic rings. The fraction of sp³-hybridized carbons (Fsp3) is 0.278. The second kappa shape index (κ2) is 6.71. The summed E-state index contributed by atoms with van der Waals surface area (Å²) in [7, 11) is 0. The average Bonchev–Trinajstić information content (AvgIpc) is 3.00. The van der Waals surface area contributed by atoms with E-state index in [0.717, 1.165) is 25.3 Å². The van der Waals surface area contributed by atoms with Gasteiger partial charge in [0.1, 0.15) is 5.82 Å². The first kappa shape index (κ1) is 14.7. The highest BCUT2D eigenvalue weighted by Crippen LogP contribution is 2.17. The van der Waals surface area contributed by atoms with Crippen LogP contribution in [0.25, 0.3) is 0 Å². The molecule has 1 saturated heterocycles. The van der Waals surface area contributed by atoms with Gasteiger partial charge in [0.05, 0.1) is 0 Å². The molecule has 1 aliphatic heterocycles. The minimum absolute atomic E-state index is 0.294. The molecule has 0 aliphatic carbocycles. The van der Waals surface area contributed by atoms with Crippen LogP contribution in [0.5, 0.6) is 0 Å². The first-order chi connectivity index (χ1) is 10.7. The zero-order valence-corrected chi connectivity index (χ0v) is 12.4. The summed E-state index contributed by atoms with van der Waals surface area (Å²) in [6.45, 7) is 3.18. The Hall–Kier alpha value is -2.20. The van der Waals surface area contributed by atoms with E-state index in [-0.39, 0.29) is 5.91 Å². The molecule has 0 radical (unpaired) electrons. The minimum Gasteiger partial charge on any atom is -0.322 e. The zero-order chi connectivity index (χ0) is 15.4. The second-order valence-corrected chi connectivity index (χ2v) is 5.65. The van der Waals surface area contributed by atoms with E-state index in [1.807, 2.05) is 18.2 Å². The number of benzene rings is 2. The van der Waals surface area contributed by atoms with Crippen molar-refractivity contribution < 1.29 is 9.18 Å². The van der Waals surface area contributed by atoms with Crippen LogP contribution in [0.15, 0.2) is 48.5 Å². The summed E-state index contributed by atoms with van der Waals surface area (Å²) in [6.07, 6.45) is 2.52. The summed E-state index contributed by atoms with van der Waals surface area (Å²) in [4.78, 5) is 14.5. The molecule has 0 bridgehead atoms. The largest absolute Gasteiger partial charge is 0.322 e. The van der Waals surface area contributed by atoms with Crippen molar-refractivity contribution in [1.29, 1.82) is 0 Å². The lowest BCUT2D eigenvalue weighted by Gasteiger charge is -2.15. The third-order valence-corrected chi connectivity index (χ3v) is 3.88. The molecule has 0 saturated carbocycles. The lowest BCUT2D eigenvalue weighted by molar-refractivity contribution is 0.102. The van der Waals surface area contributed by atoms with Crippen molar-refractivity contribution in [1.82, 2.24) is 4.90 Å². The molecular weight excluding hydrogens is 279 g/mol. The number of amides is 1. The number of halogens is 1. The van der Waals surface area contributed by atoms with E-state index in [9.17, 15) is 9.18 Å². The van der Waals surface area contributed by atoms with Crippen LogP contribution in [-0.4, -0.2) is 23.9 Å². The Kier molecular flexibility index (Phi) is 4.49. The Labute approximate surface area is 129 Å². The fourth-order valence-corrected chi connectivity index (χ4v) is 2.78. The lowest BCUT2D eigenvalue weighted by Crippen LogP contribution is -2.18. The van der Waals surface area contributed by atoms with Crippen molar-refractivity contribution in [3.05, 3.63) is 65.5 Å². The number of hydrogen-bond acceptors (Lipinski definition) is 2. The normalized spacial score (nSPS) is 15.0. The van der Waals surface area contributed by atoms with Gasteiger partial charge in [-0.15, -0.1) is 0 Å². The third-order valence-electron chi connectivity index (χ3n) is 3.88. The van der Waals surface area contributed by atoms with E-state index in [2.05, 4.69) is 16.3 Å². The summed E-state index contributed by atoms with van der Waals surface area (Å²) in [5.74, 6) is -0.701. The smallest absolute Gasteiger partial charge is 0.255 e. The quantitative estimate of drug-likeness (QED) is 0.934. The molecule has 2 aromatic carbocycles. The Morgan fingerprint density at radius 1 is 1.09 bits per heavy atom. The standard InChI is InChI=1S/C18H19FN2O/c19-16-7-4-6-15(12-16)18(22)20-17-8-3-5-14(11-17)13-21-9-1-2-10-21/h3-8,11-12H,1-2,9-10,13H2,(H,20,22). The van der Waals surface area contributed by atoms with Gasteiger partial charge in [0.25, 0.3) is 5.91 Å². The number of nitrogens with zero attached hydrogens (tertiary/aromatic N) is 1. The number of rotatable bonds is 4. The number of nitrogens with one attached hydrogen (secondary N) is 1. The predicted molar refractivity (Wildman–Crippen MR) is 85.3 cm³/mol. The van der Waals surface area contributed by atoms with Gasteiger partial charge in [0.15, 0.2) is 0 Å². The molecule has 0 aromatic heterocycles. The number of carbonyl (C=O) groups excluding carboxylic acids is 1. The average molecular weight is 298 g/mol. The van der Waals surface area contributed by atoms with Gasteiger partial charge in [-0.25, -0.2) is 4.39 Å². The number of likely N-dealkylation sites (tertiary alicyclic amines) is 1.